The molecule has 1 heterocycles. The molecule has 0 aliphatic heterocycles. The van der Waals surface area contributed by atoms with Crippen molar-refractivity contribution in [2.45, 2.75) is 39.8 Å². The number of carbonyl (C=O) groups is 2. The number of aryl methyl sites for hydroxylation is 1. The van der Waals surface area contributed by atoms with Crippen molar-refractivity contribution in [3.05, 3.63) is 58.4 Å². The summed E-state index contributed by atoms with van der Waals surface area (Å²) in [6.45, 7) is 5.89. The van der Waals surface area contributed by atoms with E-state index in [9.17, 15) is 9.59 Å². The van der Waals surface area contributed by atoms with Crippen LogP contribution in [0, 0.1) is 6.92 Å². The molecule has 1 N–H and O–H groups in total. The molecule has 1 amide bonds. The molecule has 0 radical (unpaired) electrons. The molecule has 0 aliphatic carbocycles. The van der Waals surface area contributed by atoms with Crippen LogP contribution in [0.25, 0.3) is 6.08 Å². The second kappa shape index (κ2) is 9.92. The molecule has 27 heavy (non-hydrogen) atoms. The normalized spacial score (nSPS) is 12.1. The van der Waals surface area contributed by atoms with Crippen LogP contribution in [-0.4, -0.2) is 34.3 Å². The van der Waals surface area contributed by atoms with Crippen LogP contribution in [0.4, 0.5) is 0 Å². The summed E-state index contributed by atoms with van der Waals surface area (Å²) in [7, 11) is 0. The number of benzene rings is 1. The average molecular weight is 390 g/mol. The van der Waals surface area contributed by atoms with Gasteiger partial charge in [-0.15, -0.1) is 0 Å². The molecule has 1 aromatic carbocycles. The third-order valence-corrected chi connectivity index (χ3v) is 4.43. The fraction of sp³-hybridized carbons (Fsp3) is 0.350. The van der Waals surface area contributed by atoms with E-state index < -0.39 is 5.97 Å². The van der Waals surface area contributed by atoms with Gasteiger partial charge in [0.25, 0.3) is 5.91 Å². The predicted octanol–water partition coefficient (Wildman–Crippen LogP) is 3.36. The minimum Gasteiger partial charge on any atom is -0.452 e. The highest BCUT2D eigenvalue weighted by Gasteiger charge is 2.12. The fourth-order valence-electron chi connectivity index (χ4n) is 2.37. The van der Waals surface area contributed by atoms with Crippen molar-refractivity contribution < 1.29 is 14.3 Å². The van der Waals surface area contributed by atoms with Crippen molar-refractivity contribution in [1.29, 1.82) is 0 Å². The Kier molecular flexibility index (Phi) is 7.61. The number of nitrogens with one attached hydrogen (secondary N) is 1. The number of nitrogens with zero attached hydrogens (tertiary/aromatic N) is 2. The molecule has 0 spiro atoms. The van der Waals surface area contributed by atoms with Crippen LogP contribution in [0.2, 0.25) is 5.15 Å². The monoisotopic (exact) mass is 389 g/mol. The van der Waals surface area contributed by atoms with Gasteiger partial charge in [-0.3, -0.25) is 4.79 Å². The number of hydrogen-bond donors (Lipinski definition) is 1. The van der Waals surface area contributed by atoms with Gasteiger partial charge >= 0.3 is 5.97 Å². The first-order chi connectivity index (χ1) is 12.9. The first-order valence-corrected chi connectivity index (χ1v) is 9.19. The smallest absolute Gasteiger partial charge is 0.331 e. The maximum absolute atomic E-state index is 11.8. The Bertz CT molecular complexity index is 815. The first kappa shape index (κ1) is 20.7. The zero-order valence-electron chi connectivity index (χ0n) is 15.7. The topological polar surface area (TPSA) is 73.2 Å². The van der Waals surface area contributed by atoms with Gasteiger partial charge in [0.05, 0.1) is 12.2 Å². The molecule has 6 nitrogen and oxygen atoms in total. The minimum absolute atomic E-state index is 0.0450. The number of hydrogen-bond acceptors (Lipinski definition) is 4. The zero-order chi connectivity index (χ0) is 19.8. The SMILES string of the molecule is CC[C@@H](C)NC(=O)COC(=O)/C=C/c1c(C)nn(Cc2ccccc2)c1Cl. The Balaban J connectivity index is 1.96. The Morgan fingerprint density at radius 1 is 1.33 bits per heavy atom. The number of amides is 1. The van der Waals surface area contributed by atoms with Gasteiger partial charge in [0.2, 0.25) is 0 Å². The molecular formula is C20H24ClN3O3. The molecule has 1 atom stereocenters. The van der Waals surface area contributed by atoms with E-state index in [4.69, 9.17) is 16.3 Å². The minimum atomic E-state index is -0.611. The summed E-state index contributed by atoms with van der Waals surface area (Å²) in [5.74, 6) is -0.934. The molecule has 0 bridgehead atoms. The summed E-state index contributed by atoms with van der Waals surface area (Å²) in [5, 5.41) is 7.59. The maximum atomic E-state index is 11.8. The Morgan fingerprint density at radius 2 is 2.04 bits per heavy atom. The van der Waals surface area contributed by atoms with Crippen LogP contribution >= 0.6 is 11.6 Å². The molecule has 2 aromatic rings. The fourth-order valence-corrected chi connectivity index (χ4v) is 2.67. The van der Waals surface area contributed by atoms with Crippen molar-refractivity contribution in [3.63, 3.8) is 0 Å². The van der Waals surface area contributed by atoms with E-state index in [2.05, 4.69) is 10.4 Å². The van der Waals surface area contributed by atoms with Gasteiger partial charge in [-0.2, -0.15) is 5.10 Å². The van der Waals surface area contributed by atoms with Crippen LogP contribution in [0.15, 0.2) is 36.4 Å². The summed E-state index contributed by atoms with van der Waals surface area (Å²) in [6.07, 6.45) is 3.62. The van der Waals surface area contributed by atoms with E-state index in [0.717, 1.165) is 12.0 Å². The highest BCUT2D eigenvalue weighted by Crippen LogP contribution is 2.22. The molecule has 0 unspecified atom stereocenters. The molecule has 0 fully saturated rings. The Hall–Kier alpha value is -2.60. The molecule has 0 aliphatic rings. The van der Waals surface area contributed by atoms with Crippen LogP contribution in [0.3, 0.4) is 0 Å². The van der Waals surface area contributed by atoms with Gasteiger partial charge in [-0.1, -0.05) is 48.9 Å². The van der Waals surface area contributed by atoms with Crippen LogP contribution < -0.4 is 5.32 Å². The van der Waals surface area contributed by atoms with E-state index in [1.165, 1.54) is 6.08 Å². The number of halogens is 1. The van der Waals surface area contributed by atoms with Crippen LogP contribution in [-0.2, 0) is 20.9 Å². The lowest BCUT2D eigenvalue weighted by Crippen LogP contribution is -2.35. The quantitative estimate of drug-likeness (QED) is 0.555. The summed E-state index contributed by atoms with van der Waals surface area (Å²) in [4.78, 5) is 23.5. The van der Waals surface area contributed by atoms with Crippen LogP contribution in [0.5, 0.6) is 0 Å². The highest BCUT2D eigenvalue weighted by atomic mass is 35.5. The summed E-state index contributed by atoms with van der Waals surface area (Å²) in [5.41, 5.74) is 2.42. The lowest BCUT2D eigenvalue weighted by Gasteiger charge is -2.10. The second-order valence-electron chi connectivity index (χ2n) is 6.25. The number of rotatable bonds is 8. The lowest BCUT2D eigenvalue weighted by molar-refractivity contribution is -0.144. The molecular weight excluding hydrogens is 366 g/mol. The highest BCUT2D eigenvalue weighted by molar-refractivity contribution is 6.31. The first-order valence-electron chi connectivity index (χ1n) is 8.81. The summed E-state index contributed by atoms with van der Waals surface area (Å²) in [6, 6.07) is 9.88. The molecule has 1 aromatic heterocycles. The third kappa shape index (κ3) is 6.25. The number of carbonyl (C=O) groups excluding carboxylic acids is 2. The van der Waals surface area contributed by atoms with Gasteiger partial charge in [-0.05, 0) is 31.9 Å². The number of esters is 1. The van der Waals surface area contributed by atoms with Gasteiger partial charge < -0.3 is 10.1 Å². The van der Waals surface area contributed by atoms with Crippen molar-refractivity contribution in [3.8, 4) is 0 Å². The van der Waals surface area contributed by atoms with E-state index >= 15 is 0 Å². The maximum Gasteiger partial charge on any atom is 0.331 e. The molecule has 7 heteroatoms. The summed E-state index contributed by atoms with van der Waals surface area (Å²) >= 11 is 6.40. The van der Waals surface area contributed by atoms with Crippen molar-refractivity contribution in [2.75, 3.05) is 6.61 Å². The van der Waals surface area contributed by atoms with Gasteiger partial charge in [-0.25, -0.2) is 9.48 Å². The average Bonchev–Trinajstić information content (AvgIpc) is 2.92. The molecule has 2 rings (SSSR count). The van der Waals surface area contributed by atoms with E-state index in [1.54, 1.807) is 10.8 Å². The van der Waals surface area contributed by atoms with Gasteiger partial charge in [0, 0.05) is 17.7 Å². The van der Waals surface area contributed by atoms with E-state index in [0.29, 0.717) is 23.0 Å². The Labute approximate surface area is 164 Å². The standard InChI is InChI=1S/C20H24ClN3O3/c1-4-14(2)22-18(25)13-27-19(26)11-10-17-15(3)23-24(20(17)21)12-16-8-6-5-7-9-16/h5-11,14H,4,12-13H2,1-3H3,(H,22,25)/b11-10+/t14-/m1/s1. The molecule has 0 saturated heterocycles. The molecule has 144 valence electrons. The Morgan fingerprint density at radius 3 is 2.70 bits per heavy atom. The number of aromatic nitrogens is 2. The van der Waals surface area contributed by atoms with Gasteiger partial charge in [0.1, 0.15) is 5.15 Å². The van der Waals surface area contributed by atoms with Crippen molar-refractivity contribution in [1.82, 2.24) is 15.1 Å². The summed E-state index contributed by atoms with van der Waals surface area (Å²) < 4.78 is 6.62. The second-order valence-corrected chi connectivity index (χ2v) is 6.61. The van der Waals surface area contributed by atoms with Crippen molar-refractivity contribution >= 4 is 29.6 Å². The zero-order valence-corrected chi connectivity index (χ0v) is 16.5. The van der Waals surface area contributed by atoms with E-state index in [1.807, 2.05) is 51.1 Å². The van der Waals surface area contributed by atoms with Gasteiger partial charge in [0.15, 0.2) is 6.61 Å². The third-order valence-electron chi connectivity index (χ3n) is 4.04. The lowest BCUT2D eigenvalue weighted by atomic mass is 10.2. The largest absolute Gasteiger partial charge is 0.452 e. The molecule has 0 saturated carbocycles. The van der Waals surface area contributed by atoms with Crippen LogP contribution in [0.1, 0.15) is 37.1 Å². The predicted molar refractivity (Wildman–Crippen MR) is 105 cm³/mol. The van der Waals surface area contributed by atoms with Crippen molar-refractivity contribution in [2.24, 2.45) is 0 Å². The number of ether oxygens (including phenoxy) is 1. The van der Waals surface area contributed by atoms with E-state index in [-0.39, 0.29) is 18.6 Å².